The lowest BCUT2D eigenvalue weighted by atomic mass is 10.0. The molecule has 6 nitrogen and oxygen atoms in total. The summed E-state index contributed by atoms with van der Waals surface area (Å²) in [4.78, 5) is 30.3. The molecule has 1 aromatic carbocycles. The van der Waals surface area contributed by atoms with Crippen molar-refractivity contribution in [1.29, 1.82) is 0 Å². The summed E-state index contributed by atoms with van der Waals surface area (Å²) in [5.41, 5.74) is 0.950. The number of hydrogen-bond acceptors (Lipinski definition) is 6. The van der Waals surface area contributed by atoms with E-state index in [1.807, 2.05) is 0 Å². The highest BCUT2D eigenvalue weighted by Gasteiger charge is 2.12. The van der Waals surface area contributed by atoms with Crippen molar-refractivity contribution >= 4 is 11.9 Å². The molecule has 6 heteroatoms. The maximum absolute atomic E-state index is 12.6. The van der Waals surface area contributed by atoms with Gasteiger partial charge in [0.1, 0.15) is 0 Å². The van der Waals surface area contributed by atoms with Gasteiger partial charge in [0.05, 0.1) is 24.3 Å². The zero-order valence-electron chi connectivity index (χ0n) is 39.1. The molecule has 0 radical (unpaired) electrons. The first-order chi connectivity index (χ1) is 28.5. The monoisotopic (exact) mass is 813 g/mol. The Bertz CT molecular complexity index is 950. The lowest BCUT2D eigenvalue weighted by Crippen LogP contribution is -2.26. The van der Waals surface area contributed by atoms with Crippen molar-refractivity contribution in [3.8, 4) is 0 Å². The highest BCUT2D eigenvalue weighted by molar-refractivity contribution is 5.93. The number of carbonyl (C=O) groups is 2. The Morgan fingerprint density at radius 3 is 0.810 bits per heavy atom. The second-order valence-electron chi connectivity index (χ2n) is 17.3. The van der Waals surface area contributed by atoms with Crippen molar-refractivity contribution in [2.75, 3.05) is 52.5 Å². The second-order valence-corrected chi connectivity index (χ2v) is 17.3. The molecule has 0 saturated carbocycles. The number of rotatable bonds is 44. The van der Waals surface area contributed by atoms with Crippen LogP contribution in [0.1, 0.15) is 254 Å². The van der Waals surface area contributed by atoms with Crippen LogP contribution in [0.15, 0.2) is 24.3 Å². The Labute approximate surface area is 360 Å². The molecule has 0 N–H and O–H groups in total. The molecule has 0 aliphatic carbocycles. The van der Waals surface area contributed by atoms with Gasteiger partial charge in [0, 0.05) is 0 Å². The molecule has 0 heterocycles. The van der Waals surface area contributed by atoms with Gasteiger partial charge in [-0.15, -0.1) is 0 Å². The summed E-state index contributed by atoms with van der Waals surface area (Å²) >= 11 is 0. The fourth-order valence-electron chi connectivity index (χ4n) is 8.03. The fraction of sp³-hybridized carbons (Fsp3) is 0.846. The molecule has 0 aliphatic rings. The van der Waals surface area contributed by atoms with E-state index >= 15 is 0 Å². The molecule has 0 aromatic heterocycles. The summed E-state index contributed by atoms with van der Waals surface area (Å²) in [6.07, 6.45) is 42.8. The van der Waals surface area contributed by atoms with E-state index in [9.17, 15) is 9.59 Å². The van der Waals surface area contributed by atoms with E-state index in [4.69, 9.17) is 9.47 Å². The first-order valence-corrected chi connectivity index (χ1v) is 25.4. The first-order valence-electron chi connectivity index (χ1n) is 25.4. The maximum atomic E-state index is 12.6. The van der Waals surface area contributed by atoms with Crippen LogP contribution in [0.5, 0.6) is 0 Å². The minimum atomic E-state index is -0.329. The Balaban J connectivity index is 2.03. The number of ether oxygens (including phenoxy) is 2. The topological polar surface area (TPSA) is 59.1 Å². The van der Waals surface area contributed by atoms with Crippen molar-refractivity contribution in [3.63, 3.8) is 0 Å². The minimum absolute atomic E-state index is 0.329. The van der Waals surface area contributed by atoms with Crippen LogP contribution in [-0.4, -0.2) is 74.2 Å². The zero-order chi connectivity index (χ0) is 42.0. The number of hydrogen-bond donors (Lipinski definition) is 0. The van der Waals surface area contributed by atoms with E-state index < -0.39 is 0 Å². The number of esters is 2. The van der Waals surface area contributed by atoms with Crippen molar-refractivity contribution in [1.82, 2.24) is 9.80 Å². The Morgan fingerprint density at radius 1 is 0.345 bits per heavy atom. The fourth-order valence-corrected chi connectivity index (χ4v) is 8.03. The van der Waals surface area contributed by atoms with Gasteiger partial charge >= 0.3 is 11.9 Å². The van der Waals surface area contributed by atoms with Crippen LogP contribution in [0.4, 0.5) is 0 Å². The summed E-state index contributed by atoms with van der Waals surface area (Å²) in [5, 5.41) is 0. The second kappa shape index (κ2) is 41.8. The van der Waals surface area contributed by atoms with Gasteiger partial charge in [-0.25, -0.2) is 9.59 Å². The molecule has 1 rings (SSSR count). The van der Waals surface area contributed by atoms with Gasteiger partial charge in [-0.05, 0) is 102 Å². The summed E-state index contributed by atoms with van der Waals surface area (Å²) in [6, 6.07) is 6.69. The average Bonchev–Trinajstić information content (AvgIpc) is 3.24. The van der Waals surface area contributed by atoms with E-state index in [1.54, 1.807) is 24.3 Å². The quantitative estimate of drug-likeness (QED) is 0.0483. The number of benzene rings is 1. The van der Waals surface area contributed by atoms with E-state index in [1.165, 1.54) is 193 Å². The molecule has 338 valence electrons. The normalized spacial score (nSPS) is 11.6. The summed E-state index contributed by atoms with van der Waals surface area (Å²) in [5.74, 6) is -0.659. The third-order valence-corrected chi connectivity index (χ3v) is 12.1. The molecule has 0 fully saturated rings. The summed E-state index contributed by atoms with van der Waals surface area (Å²) in [6.45, 7) is 16.5. The largest absolute Gasteiger partial charge is 0.462 e. The summed E-state index contributed by atoms with van der Waals surface area (Å²) < 4.78 is 11.1. The Morgan fingerprint density at radius 2 is 0.569 bits per heavy atom. The van der Waals surface area contributed by atoms with E-state index in [0.717, 1.165) is 51.9 Å². The van der Waals surface area contributed by atoms with Gasteiger partial charge in [0.15, 0.2) is 0 Å². The maximum Gasteiger partial charge on any atom is 0.338 e. The average molecular weight is 813 g/mol. The van der Waals surface area contributed by atoms with Gasteiger partial charge in [0.2, 0.25) is 0 Å². The van der Waals surface area contributed by atoms with Crippen molar-refractivity contribution in [2.45, 2.75) is 233 Å². The van der Waals surface area contributed by atoms with Gasteiger partial charge in [-0.1, -0.05) is 195 Å². The highest BCUT2D eigenvalue weighted by atomic mass is 16.5. The molecule has 0 amide bonds. The van der Waals surface area contributed by atoms with Crippen molar-refractivity contribution in [3.05, 3.63) is 35.4 Å². The van der Waals surface area contributed by atoms with Gasteiger partial charge < -0.3 is 19.3 Å². The molecule has 0 atom stereocenters. The molecular weight excluding hydrogens is 717 g/mol. The van der Waals surface area contributed by atoms with E-state index in [0.29, 0.717) is 24.3 Å². The van der Waals surface area contributed by atoms with Gasteiger partial charge in [0.25, 0.3) is 0 Å². The molecule has 0 saturated heterocycles. The number of carbonyl (C=O) groups excluding carboxylic acids is 2. The first kappa shape index (κ1) is 54.1. The van der Waals surface area contributed by atoms with Crippen LogP contribution in [-0.2, 0) is 9.47 Å². The standard InChI is InChI=1S/C52H96N2O4/c1-5-9-11-13-15-17-19-21-23-25-27-29-31-33-43-53(7-3)45-35-37-47-57-51(55)49-39-41-50(42-40-49)52(56)58-48-38-36-46-54(8-4)44-34-32-30-28-26-24-22-20-18-16-14-12-10-6-2/h39-42H,5-38,43-48H2,1-4H3. The summed E-state index contributed by atoms with van der Waals surface area (Å²) in [7, 11) is 0. The van der Waals surface area contributed by atoms with Crippen LogP contribution < -0.4 is 0 Å². The predicted molar refractivity (Wildman–Crippen MR) is 250 cm³/mol. The molecule has 58 heavy (non-hydrogen) atoms. The number of nitrogens with zero attached hydrogens (tertiary/aromatic N) is 2. The van der Waals surface area contributed by atoms with Crippen LogP contribution in [0.3, 0.4) is 0 Å². The molecule has 0 bridgehead atoms. The lowest BCUT2D eigenvalue weighted by Gasteiger charge is -2.20. The smallest absolute Gasteiger partial charge is 0.338 e. The van der Waals surface area contributed by atoms with Crippen molar-refractivity contribution < 1.29 is 19.1 Å². The third kappa shape index (κ3) is 32.9. The molecule has 0 aliphatic heterocycles. The predicted octanol–water partition coefficient (Wildman–Crippen LogP) is 15.2. The highest BCUT2D eigenvalue weighted by Crippen LogP contribution is 2.15. The zero-order valence-corrected chi connectivity index (χ0v) is 39.1. The molecular formula is C52H96N2O4. The van der Waals surface area contributed by atoms with Crippen LogP contribution in [0.2, 0.25) is 0 Å². The molecule has 0 spiro atoms. The lowest BCUT2D eigenvalue weighted by molar-refractivity contribution is 0.0480. The van der Waals surface area contributed by atoms with Crippen molar-refractivity contribution in [2.24, 2.45) is 0 Å². The van der Waals surface area contributed by atoms with Crippen LogP contribution >= 0.6 is 0 Å². The SMILES string of the molecule is CCCCCCCCCCCCCCCCN(CC)CCCCOC(=O)c1ccc(C(=O)OCCCCN(CC)CCCCCCCCCCCCCCCC)cc1. The number of unbranched alkanes of at least 4 members (excludes halogenated alkanes) is 28. The Kier molecular flexibility index (Phi) is 39.0. The van der Waals surface area contributed by atoms with E-state index in [2.05, 4.69) is 37.5 Å². The third-order valence-electron chi connectivity index (χ3n) is 12.1. The van der Waals surface area contributed by atoms with Crippen LogP contribution in [0, 0.1) is 0 Å². The van der Waals surface area contributed by atoms with Crippen LogP contribution in [0.25, 0.3) is 0 Å². The molecule has 1 aromatic rings. The Hall–Kier alpha value is -1.92. The van der Waals surface area contributed by atoms with E-state index in [-0.39, 0.29) is 11.9 Å². The minimum Gasteiger partial charge on any atom is -0.462 e. The van der Waals surface area contributed by atoms with Gasteiger partial charge in [-0.3, -0.25) is 0 Å². The van der Waals surface area contributed by atoms with Gasteiger partial charge in [-0.2, -0.15) is 0 Å². The molecule has 0 unspecified atom stereocenters.